The zero-order chi connectivity index (χ0) is 11.9. The SMILES string of the molecule is CNC(COC)CN(C)CCC(F)(F)F. The van der Waals surface area contributed by atoms with Crippen LogP contribution in [0.5, 0.6) is 0 Å². The van der Waals surface area contributed by atoms with Crippen LogP contribution in [0.4, 0.5) is 13.2 Å². The monoisotopic (exact) mass is 228 g/mol. The van der Waals surface area contributed by atoms with Gasteiger partial charge in [-0.25, -0.2) is 0 Å². The Kier molecular flexibility index (Phi) is 6.87. The first-order valence-corrected chi connectivity index (χ1v) is 4.80. The van der Waals surface area contributed by atoms with Crippen LogP contribution < -0.4 is 5.32 Å². The lowest BCUT2D eigenvalue weighted by atomic mass is 10.3. The summed E-state index contributed by atoms with van der Waals surface area (Å²) in [5.74, 6) is 0. The molecule has 1 atom stereocenters. The Morgan fingerprint density at radius 3 is 2.40 bits per heavy atom. The predicted octanol–water partition coefficient (Wildman–Crippen LogP) is 1.10. The van der Waals surface area contributed by atoms with Crippen LogP contribution in [0.1, 0.15) is 6.42 Å². The minimum absolute atomic E-state index is 0.0192. The molecule has 6 heteroatoms. The molecule has 0 saturated heterocycles. The van der Waals surface area contributed by atoms with E-state index in [1.165, 1.54) is 0 Å². The molecule has 3 nitrogen and oxygen atoms in total. The molecule has 0 bridgehead atoms. The molecule has 0 aromatic rings. The Hall–Kier alpha value is -0.330. The number of ether oxygens (including phenoxy) is 1. The number of hydrogen-bond donors (Lipinski definition) is 1. The second kappa shape index (κ2) is 7.03. The van der Waals surface area contributed by atoms with Crippen LogP contribution in [-0.4, -0.2) is 58.0 Å². The number of methoxy groups -OCH3 is 1. The molecule has 15 heavy (non-hydrogen) atoms. The molecule has 0 aliphatic rings. The summed E-state index contributed by atoms with van der Waals surface area (Å²) >= 11 is 0. The first-order chi connectivity index (χ1) is 6.89. The number of nitrogens with one attached hydrogen (secondary N) is 1. The minimum Gasteiger partial charge on any atom is -0.383 e. The lowest BCUT2D eigenvalue weighted by Gasteiger charge is -2.23. The van der Waals surface area contributed by atoms with Crippen LogP contribution in [0, 0.1) is 0 Å². The van der Waals surface area contributed by atoms with Gasteiger partial charge in [0.1, 0.15) is 0 Å². The van der Waals surface area contributed by atoms with Gasteiger partial charge >= 0.3 is 6.18 Å². The minimum atomic E-state index is -4.08. The first kappa shape index (κ1) is 14.7. The van der Waals surface area contributed by atoms with Crippen LogP contribution >= 0.6 is 0 Å². The van der Waals surface area contributed by atoms with Gasteiger partial charge in [-0.05, 0) is 14.1 Å². The van der Waals surface area contributed by atoms with E-state index < -0.39 is 12.6 Å². The van der Waals surface area contributed by atoms with Gasteiger partial charge in [-0.3, -0.25) is 0 Å². The van der Waals surface area contributed by atoms with E-state index in [1.54, 1.807) is 26.1 Å². The molecule has 0 aromatic carbocycles. The second-order valence-electron chi connectivity index (χ2n) is 3.57. The van der Waals surface area contributed by atoms with E-state index in [0.717, 1.165) is 0 Å². The quantitative estimate of drug-likeness (QED) is 0.706. The van der Waals surface area contributed by atoms with E-state index in [0.29, 0.717) is 13.2 Å². The molecule has 0 radical (unpaired) electrons. The standard InChI is InChI=1S/C9H19F3N2O/c1-13-8(7-15-3)6-14(2)5-4-9(10,11)12/h8,13H,4-7H2,1-3H3. The van der Waals surface area contributed by atoms with E-state index in [4.69, 9.17) is 4.74 Å². The van der Waals surface area contributed by atoms with E-state index in [2.05, 4.69) is 5.32 Å². The second-order valence-corrected chi connectivity index (χ2v) is 3.57. The molecule has 1 N–H and O–H groups in total. The van der Waals surface area contributed by atoms with Crippen LogP contribution in [0.3, 0.4) is 0 Å². The van der Waals surface area contributed by atoms with Crippen molar-refractivity contribution in [2.75, 3.05) is 40.9 Å². The van der Waals surface area contributed by atoms with E-state index in [1.807, 2.05) is 0 Å². The molecule has 0 amide bonds. The Morgan fingerprint density at radius 2 is 2.00 bits per heavy atom. The maximum absolute atomic E-state index is 11.9. The first-order valence-electron chi connectivity index (χ1n) is 4.80. The highest BCUT2D eigenvalue weighted by atomic mass is 19.4. The van der Waals surface area contributed by atoms with Gasteiger partial charge in [0, 0.05) is 26.2 Å². The van der Waals surface area contributed by atoms with Crippen molar-refractivity contribution < 1.29 is 17.9 Å². The summed E-state index contributed by atoms with van der Waals surface area (Å²) in [6.07, 6.45) is -4.85. The van der Waals surface area contributed by atoms with Crippen molar-refractivity contribution in [3.8, 4) is 0 Å². The van der Waals surface area contributed by atoms with Crippen LogP contribution in [0.2, 0.25) is 0 Å². The normalized spacial score (nSPS) is 14.6. The van der Waals surface area contributed by atoms with Crippen LogP contribution in [0.15, 0.2) is 0 Å². The topological polar surface area (TPSA) is 24.5 Å². The molecule has 0 fully saturated rings. The van der Waals surface area contributed by atoms with Gasteiger partial charge in [0.25, 0.3) is 0 Å². The highest BCUT2D eigenvalue weighted by molar-refractivity contribution is 4.68. The Labute approximate surface area is 88.6 Å². The average Bonchev–Trinajstić information content (AvgIpc) is 2.13. The fourth-order valence-electron chi connectivity index (χ4n) is 1.21. The molecule has 0 aromatic heterocycles. The summed E-state index contributed by atoms with van der Waals surface area (Å²) < 4.78 is 40.7. The van der Waals surface area contributed by atoms with Crippen molar-refractivity contribution in [3.63, 3.8) is 0 Å². The maximum Gasteiger partial charge on any atom is 0.390 e. The Balaban J connectivity index is 3.75. The highest BCUT2D eigenvalue weighted by Crippen LogP contribution is 2.19. The summed E-state index contributed by atoms with van der Waals surface area (Å²) in [6, 6.07) is 0.0632. The molecular formula is C9H19F3N2O. The number of halogens is 3. The maximum atomic E-state index is 11.9. The number of hydrogen-bond acceptors (Lipinski definition) is 3. The van der Waals surface area contributed by atoms with Crippen molar-refractivity contribution in [2.24, 2.45) is 0 Å². The van der Waals surface area contributed by atoms with Crippen molar-refractivity contribution in [1.82, 2.24) is 10.2 Å². The van der Waals surface area contributed by atoms with Gasteiger partial charge in [0.05, 0.1) is 13.0 Å². The largest absolute Gasteiger partial charge is 0.390 e. The van der Waals surface area contributed by atoms with Gasteiger partial charge in [-0.2, -0.15) is 13.2 Å². The zero-order valence-electron chi connectivity index (χ0n) is 9.40. The molecule has 0 heterocycles. The summed E-state index contributed by atoms with van der Waals surface area (Å²) in [6.45, 7) is 1.05. The van der Waals surface area contributed by atoms with Gasteiger partial charge < -0.3 is 15.0 Å². The summed E-state index contributed by atoms with van der Waals surface area (Å²) in [5.41, 5.74) is 0. The molecule has 92 valence electrons. The van der Waals surface area contributed by atoms with Crippen molar-refractivity contribution in [2.45, 2.75) is 18.6 Å². The summed E-state index contributed by atoms with van der Waals surface area (Å²) in [7, 11) is 5.01. The van der Waals surface area contributed by atoms with Crippen molar-refractivity contribution in [1.29, 1.82) is 0 Å². The van der Waals surface area contributed by atoms with Crippen LogP contribution in [-0.2, 0) is 4.74 Å². The smallest absolute Gasteiger partial charge is 0.383 e. The zero-order valence-corrected chi connectivity index (χ0v) is 9.40. The van der Waals surface area contributed by atoms with Crippen LogP contribution in [0.25, 0.3) is 0 Å². The van der Waals surface area contributed by atoms with E-state index in [9.17, 15) is 13.2 Å². The Bertz CT molecular complexity index is 164. The third kappa shape index (κ3) is 8.65. The summed E-state index contributed by atoms with van der Waals surface area (Å²) in [5, 5.41) is 2.98. The van der Waals surface area contributed by atoms with E-state index in [-0.39, 0.29) is 12.6 Å². The fraction of sp³-hybridized carbons (Fsp3) is 1.00. The third-order valence-corrected chi connectivity index (χ3v) is 2.09. The van der Waals surface area contributed by atoms with Crippen molar-refractivity contribution in [3.05, 3.63) is 0 Å². The number of rotatable bonds is 7. The number of alkyl halides is 3. The Morgan fingerprint density at radius 1 is 1.40 bits per heavy atom. The molecule has 0 aliphatic heterocycles. The fourth-order valence-corrected chi connectivity index (χ4v) is 1.21. The molecular weight excluding hydrogens is 209 g/mol. The molecule has 0 aliphatic carbocycles. The van der Waals surface area contributed by atoms with E-state index >= 15 is 0 Å². The molecule has 0 spiro atoms. The van der Waals surface area contributed by atoms with Gasteiger partial charge in [-0.15, -0.1) is 0 Å². The third-order valence-electron chi connectivity index (χ3n) is 2.09. The van der Waals surface area contributed by atoms with Gasteiger partial charge in [0.15, 0.2) is 0 Å². The number of likely N-dealkylation sites (N-methyl/N-ethyl adjacent to an activating group) is 2. The highest BCUT2D eigenvalue weighted by Gasteiger charge is 2.27. The lowest BCUT2D eigenvalue weighted by Crippen LogP contribution is -2.41. The predicted molar refractivity (Wildman–Crippen MR) is 52.9 cm³/mol. The number of nitrogens with zero attached hydrogens (tertiary/aromatic N) is 1. The summed E-state index contributed by atoms with van der Waals surface area (Å²) in [4.78, 5) is 1.65. The average molecular weight is 228 g/mol. The van der Waals surface area contributed by atoms with Crippen molar-refractivity contribution >= 4 is 0 Å². The molecule has 0 rings (SSSR count). The molecule has 0 saturated carbocycles. The van der Waals surface area contributed by atoms with Gasteiger partial charge in [-0.1, -0.05) is 0 Å². The lowest BCUT2D eigenvalue weighted by molar-refractivity contribution is -0.137. The molecule has 1 unspecified atom stereocenters. The van der Waals surface area contributed by atoms with Gasteiger partial charge in [0.2, 0.25) is 0 Å².